The summed E-state index contributed by atoms with van der Waals surface area (Å²) in [5.41, 5.74) is 5.81. The van der Waals surface area contributed by atoms with Gasteiger partial charge in [-0.05, 0) is 32.1 Å². The van der Waals surface area contributed by atoms with Gasteiger partial charge in [0.2, 0.25) is 0 Å². The summed E-state index contributed by atoms with van der Waals surface area (Å²) < 4.78 is 5.53. The molecule has 1 heterocycles. The number of rotatable bonds is 9. The summed E-state index contributed by atoms with van der Waals surface area (Å²) in [7, 11) is 1.93. The van der Waals surface area contributed by atoms with Crippen LogP contribution < -0.4 is 16.0 Å². The lowest BCUT2D eigenvalue weighted by molar-refractivity contribution is 0.0942. The highest BCUT2D eigenvalue weighted by molar-refractivity contribution is 7.18. The van der Waals surface area contributed by atoms with E-state index in [4.69, 9.17) is 10.5 Å². The van der Waals surface area contributed by atoms with E-state index in [2.05, 4.69) is 10.3 Å². The zero-order valence-electron chi connectivity index (χ0n) is 12.7. The van der Waals surface area contributed by atoms with Gasteiger partial charge in [0.05, 0.1) is 0 Å². The van der Waals surface area contributed by atoms with Crippen LogP contribution in [0, 0.1) is 5.92 Å². The van der Waals surface area contributed by atoms with Crippen LogP contribution in [0.4, 0.5) is 10.9 Å². The normalized spacial score (nSPS) is 14.2. The van der Waals surface area contributed by atoms with Crippen LogP contribution in [0.15, 0.2) is 0 Å². The SMILES string of the molecule is CCN(C)c1nc(N)c(C(=O)NCCCOCC2CC2)s1. The average molecular weight is 312 g/mol. The molecule has 7 heteroatoms. The van der Waals surface area contributed by atoms with E-state index >= 15 is 0 Å². The molecule has 1 saturated carbocycles. The molecule has 0 spiro atoms. The highest BCUT2D eigenvalue weighted by Gasteiger charge is 2.21. The van der Waals surface area contributed by atoms with Crippen LogP contribution in [-0.4, -0.2) is 44.2 Å². The van der Waals surface area contributed by atoms with Crippen LogP contribution in [0.25, 0.3) is 0 Å². The van der Waals surface area contributed by atoms with E-state index < -0.39 is 0 Å². The number of nitrogens with zero attached hydrogens (tertiary/aromatic N) is 2. The number of nitrogens with two attached hydrogens (primary N) is 1. The standard InChI is InChI=1S/C14H24N4O2S/c1-3-18(2)14-17-12(15)11(21-14)13(19)16-7-4-8-20-9-10-5-6-10/h10H,3-9,15H2,1-2H3,(H,16,19). The maximum Gasteiger partial charge on any atom is 0.265 e. The topological polar surface area (TPSA) is 80.5 Å². The Morgan fingerprint density at radius 2 is 2.33 bits per heavy atom. The van der Waals surface area contributed by atoms with Gasteiger partial charge in [0.15, 0.2) is 5.13 Å². The van der Waals surface area contributed by atoms with E-state index in [0.29, 0.717) is 23.8 Å². The Labute approximate surface area is 129 Å². The average Bonchev–Trinajstić information content (AvgIpc) is 3.22. The molecule has 21 heavy (non-hydrogen) atoms. The number of hydrogen-bond donors (Lipinski definition) is 2. The van der Waals surface area contributed by atoms with Gasteiger partial charge in [0.25, 0.3) is 5.91 Å². The number of thiazole rings is 1. The van der Waals surface area contributed by atoms with Crippen molar-refractivity contribution in [2.45, 2.75) is 26.2 Å². The number of anilines is 2. The zero-order valence-corrected chi connectivity index (χ0v) is 13.5. The Kier molecular flexibility index (Phi) is 5.81. The van der Waals surface area contributed by atoms with Crippen molar-refractivity contribution in [1.29, 1.82) is 0 Å². The van der Waals surface area contributed by atoms with Crippen LogP contribution in [0.1, 0.15) is 35.9 Å². The number of ether oxygens (including phenoxy) is 1. The molecule has 1 aliphatic carbocycles. The second-order valence-corrected chi connectivity index (χ2v) is 6.33. The molecule has 0 bridgehead atoms. The predicted molar refractivity (Wildman–Crippen MR) is 86.0 cm³/mol. The molecule has 1 aliphatic rings. The van der Waals surface area contributed by atoms with Crippen molar-refractivity contribution < 1.29 is 9.53 Å². The fraction of sp³-hybridized carbons (Fsp3) is 0.714. The zero-order chi connectivity index (χ0) is 15.2. The van der Waals surface area contributed by atoms with Crippen molar-refractivity contribution >= 4 is 28.2 Å². The molecular weight excluding hydrogens is 288 g/mol. The van der Waals surface area contributed by atoms with E-state index in [0.717, 1.165) is 30.6 Å². The highest BCUT2D eigenvalue weighted by Crippen LogP contribution is 2.29. The first kappa shape index (κ1) is 16.0. The van der Waals surface area contributed by atoms with Crippen LogP contribution in [0.3, 0.4) is 0 Å². The molecule has 1 aromatic heterocycles. The third kappa shape index (κ3) is 4.86. The molecule has 2 rings (SSSR count). The van der Waals surface area contributed by atoms with Crippen molar-refractivity contribution in [2.24, 2.45) is 5.92 Å². The molecule has 0 aromatic carbocycles. The molecule has 1 amide bonds. The summed E-state index contributed by atoms with van der Waals surface area (Å²) in [6.07, 6.45) is 3.42. The molecule has 3 N–H and O–H groups in total. The van der Waals surface area contributed by atoms with Crippen LogP contribution >= 0.6 is 11.3 Å². The van der Waals surface area contributed by atoms with E-state index in [1.165, 1.54) is 24.2 Å². The minimum atomic E-state index is -0.150. The molecule has 0 atom stereocenters. The first-order valence-corrected chi connectivity index (χ1v) is 8.26. The molecule has 0 aliphatic heterocycles. The van der Waals surface area contributed by atoms with E-state index in [9.17, 15) is 4.79 Å². The van der Waals surface area contributed by atoms with Gasteiger partial charge < -0.3 is 20.7 Å². The van der Waals surface area contributed by atoms with E-state index in [1.807, 2.05) is 18.9 Å². The summed E-state index contributed by atoms with van der Waals surface area (Å²) in [5, 5.41) is 3.64. The van der Waals surface area contributed by atoms with Gasteiger partial charge in [0, 0.05) is 33.4 Å². The van der Waals surface area contributed by atoms with Gasteiger partial charge >= 0.3 is 0 Å². The number of hydrogen-bond acceptors (Lipinski definition) is 6. The van der Waals surface area contributed by atoms with E-state index in [1.54, 1.807) is 0 Å². The van der Waals surface area contributed by atoms with Crippen molar-refractivity contribution in [3.63, 3.8) is 0 Å². The number of carbonyl (C=O) groups is 1. The minimum Gasteiger partial charge on any atom is -0.382 e. The third-order valence-electron chi connectivity index (χ3n) is 3.45. The first-order valence-electron chi connectivity index (χ1n) is 7.45. The molecule has 1 fully saturated rings. The lowest BCUT2D eigenvalue weighted by atomic mass is 10.4. The summed E-state index contributed by atoms with van der Waals surface area (Å²) >= 11 is 1.33. The quantitative estimate of drug-likeness (QED) is 0.679. The van der Waals surface area contributed by atoms with Crippen LogP contribution in [0.2, 0.25) is 0 Å². The maximum atomic E-state index is 12.1. The molecular formula is C14H24N4O2S. The van der Waals surface area contributed by atoms with Crippen LogP contribution in [0.5, 0.6) is 0 Å². The monoisotopic (exact) mass is 312 g/mol. The lowest BCUT2D eigenvalue weighted by Gasteiger charge is -2.10. The number of carbonyl (C=O) groups excluding carboxylic acids is 1. The minimum absolute atomic E-state index is 0.150. The highest BCUT2D eigenvalue weighted by atomic mass is 32.1. The fourth-order valence-corrected chi connectivity index (χ4v) is 2.70. The fourth-order valence-electron chi connectivity index (χ4n) is 1.77. The summed E-state index contributed by atoms with van der Waals surface area (Å²) in [6, 6.07) is 0. The molecule has 118 valence electrons. The third-order valence-corrected chi connectivity index (χ3v) is 4.63. The van der Waals surface area contributed by atoms with Gasteiger partial charge in [0.1, 0.15) is 10.7 Å². The Morgan fingerprint density at radius 1 is 1.57 bits per heavy atom. The number of aromatic nitrogens is 1. The second kappa shape index (κ2) is 7.61. The Morgan fingerprint density at radius 3 is 3.00 bits per heavy atom. The molecule has 0 radical (unpaired) electrons. The Hall–Kier alpha value is -1.34. The molecule has 0 saturated heterocycles. The van der Waals surface area contributed by atoms with E-state index in [-0.39, 0.29) is 5.91 Å². The molecule has 0 unspecified atom stereocenters. The van der Waals surface area contributed by atoms with Crippen molar-refractivity contribution in [3.8, 4) is 0 Å². The Bertz CT molecular complexity index is 474. The number of amides is 1. The number of nitrogens with one attached hydrogen (secondary N) is 1. The second-order valence-electron chi connectivity index (χ2n) is 5.35. The van der Waals surface area contributed by atoms with Crippen molar-refractivity contribution in [3.05, 3.63) is 4.88 Å². The van der Waals surface area contributed by atoms with Crippen molar-refractivity contribution in [1.82, 2.24) is 10.3 Å². The van der Waals surface area contributed by atoms with Gasteiger partial charge in [-0.1, -0.05) is 11.3 Å². The Balaban J connectivity index is 1.70. The van der Waals surface area contributed by atoms with Gasteiger partial charge in [-0.2, -0.15) is 0 Å². The van der Waals surface area contributed by atoms with Crippen molar-refractivity contribution in [2.75, 3.05) is 44.0 Å². The van der Waals surface area contributed by atoms with Gasteiger partial charge in [-0.3, -0.25) is 4.79 Å². The molecule has 1 aromatic rings. The van der Waals surface area contributed by atoms with Gasteiger partial charge in [-0.15, -0.1) is 0 Å². The first-order chi connectivity index (χ1) is 10.1. The smallest absolute Gasteiger partial charge is 0.265 e. The lowest BCUT2D eigenvalue weighted by Crippen LogP contribution is -2.25. The summed E-state index contributed by atoms with van der Waals surface area (Å²) in [6.45, 7) is 5.01. The van der Waals surface area contributed by atoms with Gasteiger partial charge in [-0.25, -0.2) is 4.98 Å². The largest absolute Gasteiger partial charge is 0.382 e. The van der Waals surface area contributed by atoms with Crippen LogP contribution in [-0.2, 0) is 4.74 Å². The summed E-state index contributed by atoms with van der Waals surface area (Å²) in [5.74, 6) is 0.936. The summed E-state index contributed by atoms with van der Waals surface area (Å²) in [4.78, 5) is 18.7. The number of nitrogen functional groups attached to an aromatic ring is 1. The maximum absolute atomic E-state index is 12.1. The predicted octanol–water partition coefficient (Wildman–Crippen LogP) is 1.73. The molecule has 6 nitrogen and oxygen atoms in total.